The van der Waals surface area contributed by atoms with Crippen molar-refractivity contribution in [1.82, 2.24) is 15.1 Å². The lowest BCUT2D eigenvalue weighted by Crippen LogP contribution is -2.52. The summed E-state index contributed by atoms with van der Waals surface area (Å²) in [6, 6.07) is 2.24. The number of methoxy groups -OCH3 is 1. The summed E-state index contributed by atoms with van der Waals surface area (Å²) in [5.41, 5.74) is 5.42. The second-order valence-electron chi connectivity index (χ2n) is 7.61. The minimum Gasteiger partial charge on any atom is -0.451 e. The fourth-order valence-electron chi connectivity index (χ4n) is 2.97. The Labute approximate surface area is 211 Å². The first-order valence-electron chi connectivity index (χ1n) is 10.9. The Morgan fingerprint density at radius 3 is 2.30 bits per heavy atom. The van der Waals surface area contributed by atoms with Crippen LogP contribution in [0.15, 0.2) is 41.3 Å². The van der Waals surface area contributed by atoms with Crippen molar-refractivity contribution in [1.29, 1.82) is 0 Å². The maximum absolute atomic E-state index is 14.6. The van der Waals surface area contributed by atoms with Crippen molar-refractivity contribution >= 4 is 22.0 Å². The van der Waals surface area contributed by atoms with Gasteiger partial charge in [0.15, 0.2) is 17.4 Å². The minimum absolute atomic E-state index is 0.0475. The van der Waals surface area contributed by atoms with Gasteiger partial charge in [0.2, 0.25) is 10.0 Å². The molecule has 0 aliphatic carbocycles. The number of halogens is 3. The Kier molecular flexibility index (Phi) is 11.3. The van der Waals surface area contributed by atoms with Gasteiger partial charge in [-0.05, 0) is 55.8 Å². The monoisotopic (exact) mass is 548 g/mol. The van der Waals surface area contributed by atoms with Gasteiger partial charge in [0.05, 0.1) is 11.5 Å². The molecule has 2 aromatic carbocycles. The van der Waals surface area contributed by atoms with Crippen LogP contribution in [0.2, 0.25) is 0 Å². The van der Waals surface area contributed by atoms with E-state index in [1.807, 2.05) is 4.72 Å². The highest BCUT2D eigenvalue weighted by atomic mass is 32.2. The van der Waals surface area contributed by atoms with E-state index in [4.69, 9.17) is 15.2 Å². The number of carbonyl (C=O) groups is 2. The molecular weight excluding hydrogens is 521 g/mol. The maximum Gasteiger partial charge on any atom is 0.348 e. The van der Waals surface area contributed by atoms with E-state index in [9.17, 15) is 36.4 Å². The molecule has 37 heavy (non-hydrogen) atoms. The molecule has 0 bridgehead atoms. The van der Waals surface area contributed by atoms with Crippen LogP contribution in [0.3, 0.4) is 0 Å². The summed E-state index contributed by atoms with van der Waals surface area (Å²) in [6.45, 7) is 0.256. The molecule has 0 heterocycles. The van der Waals surface area contributed by atoms with Crippen molar-refractivity contribution in [2.24, 2.45) is 5.73 Å². The summed E-state index contributed by atoms with van der Waals surface area (Å²) in [7, 11) is -3.37. The van der Waals surface area contributed by atoms with Crippen LogP contribution >= 0.6 is 0 Å². The topological polar surface area (TPSA) is 160 Å². The quantitative estimate of drug-likeness (QED) is 0.168. The van der Waals surface area contributed by atoms with E-state index < -0.39 is 56.1 Å². The number of imide groups is 1. The summed E-state index contributed by atoms with van der Waals surface area (Å²) in [5.74, 6) is -5.76. The van der Waals surface area contributed by atoms with Crippen LogP contribution < -0.4 is 20.5 Å². The third-order valence-electron chi connectivity index (χ3n) is 4.84. The van der Waals surface area contributed by atoms with Gasteiger partial charge in [-0.15, -0.1) is 5.06 Å². The Bertz CT molecular complexity index is 1160. The van der Waals surface area contributed by atoms with Gasteiger partial charge < -0.3 is 20.5 Å². The zero-order valence-electron chi connectivity index (χ0n) is 19.7. The smallest absolute Gasteiger partial charge is 0.348 e. The molecule has 15 heteroatoms. The number of sulfonamides is 1. The predicted octanol–water partition coefficient (Wildman–Crippen LogP) is 2.25. The molecule has 5 N–H and O–H groups in total. The molecule has 3 amide bonds. The van der Waals surface area contributed by atoms with Crippen LogP contribution in [0, 0.1) is 17.5 Å². The molecule has 0 aliphatic heterocycles. The van der Waals surface area contributed by atoms with Crippen molar-refractivity contribution in [2.45, 2.75) is 30.2 Å². The van der Waals surface area contributed by atoms with E-state index in [2.05, 4.69) is 5.32 Å². The number of rotatable bonds is 13. The molecule has 2 aromatic rings. The van der Waals surface area contributed by atoms with E-state index in [0.29, 0.717) is 18.6 Å². The number of benzene rings is 2. The Morgan fingerprint density at radius 2 is 1.73 bits per heavy atom. The van der Waals surface area contributed by atoms with Crippen molar-refractivity contribution < 1.29 is 45.9 Å². The van der Waals surface area contributed by atoms with Gasteiger partial charge in [0.1, 0.15) is 17.6 Å². The average molecular weight is 549 g/mol. The van der Waals surface area contributed by atoms with Crippen LogP contribution in [-0.4, -0.2) is 63.5 Å². The molecule has 11 nitrogen and oxygen atoms in total. The number of amides is 3. The van der Waals surface area contributed by atoms with Gasteiger partial charge in [-0.25, -0.2) is 26.4 Å². The Hall–Kier alpha value is -3.24. The lowest BCUT2D eigenvalue weighted by Gasteiger charge is -2.22. The zero-order valence-corrected chi connectivity index (χ0v) is 20.6. The number of hydrogen-bond donors (Lipinski definition) is 4. The number of hydrogen-bond acceptors (Lipinski definition) is 8. The lowest BCUT2D eigenvalue weighted by molar-refractivity contribution is -0.154. The molecule has 0 fully saturated rings. The SMILES string of the molecule is COCCNC(=O)N(O)C(=O)[C@@H](CCCCN)NS(=O)(=O)c1cc(F)c(Oc2ccc(F)cc2)c(F)c1. The Balaban J connectivity index is 2.26. The first kappa shape index (κ1) is 30.0. The minimum atomic E-state index is -4.74. The van der Waals surface area contributed by atoms with Crippen LogP contribution in [0.5, 0.6) is 11.5 Å². The third kappa shape index (κ3) is 8.68. The number of carbonyl (C=O) groups excluding carboxylic acids is 2. The molecule has 204 valence electrons. The van der Waals surface area contributed by atoms with Crippen molar-refractivity contribution in [3.8, 4) is 11.5 Å². The molecular formula is C22H27F3N4O7S. The predicted molar refractivity (Wildman–Crippen MR) is 124 cm³/mol. The molecule has 0 aliphatic rings. The molecule has 0 saturated heterocycles. The fraction of sp³-hybridized carbons (Fsp3) is 0.364. The zero-order chi connectivity index (χ0) is 27.6. The summed E-state index contributed by atoms with van der Waals surface area (Å²) in [5, 5.41) is 11.9. The standard InChI is InChI=1S/C22H27F3N4O7S/c1-35-11-10-27-22(31)29(32)21(30)19(4-2-3-9-26)28-37(33,34)16-12-17(24)20(18(25)13-16)36-15-7-5-14(23)6-8-15/h5-8,12-13,19,28,32H,2-4,9-11,26H2,1H3,(H,27,31)/t19-/m1/s1. The van der Waals surface area contributed by atoms with Crippen molar-refractivity contribution in [3.63, 3.8) is 0 Å². The van der Waals surface area contributed by atoms with Crippen molar-refractivity contribution in [2.75, 3.05) is 26.8 Å². The van der Waals surface area contributed by atoms with Gasteiger partial charge in [-0.1, -0.05) is 6.42 Å². The molecule has 0 unspecified atom stereocenters. The average Bonchev–Trinajstić information content (AvgIpc) is 2.85. The largest absolute Gasteiger partial charge is 0.451 e. The number of hydroxylamine groups is 2. The highest BCUT2D eigenvalue weighted by Gasteiger charge is 2.32. The normalized spacial score (nSPS) is 12.2. The fourth-order valence-corrected chi connectivity index (χ4v) is 4.22. The van der Waals surface area contributed by atoms with E-state index in [-0.39, 0.29) is 43.4 Å². The van der Waals surface area contributed by atoms with Gasteiger partial charge in [-0.3, -0.25) is 10.0 Å². The summed E-state index contributed by atoms with van der Waals surface area (Å²) in [6.07, 6.45) is 0.422. The molecule has 0 spiro atoms. The van der Waals surface area contributed by atoms with Gasteiger partial charge >= 0.3 is 6.03 Å². The van der Waals surface area contributed by atoms with Gasteiger partial charge in [0.25, 0.3) is 5.91 Å². The number of nitrogens with two attached hydrogens (primary N) is 1. The van der Waals surface area contributed by atoms with E-state index in [1.54, 1.807) is 0 Å². The van der Waals surface area contributed by atoms with E-state index >= 15 is 0 Å². The van der Waals surface area contributed by atoms with Gasteiger partial charge in [0, 0.05) is 13.7 Å². The summed E-state index contributed by atoms with van der Waals surface area (Å²) < 4.78 is 79.8. The first-order valence-corrected chi connectivity index (χ1v) is 12.4. The van der Waals surface area contributed by atoms with Crippen LogP contribution in [0.25, 0.3) is 0 Å². The molecule has 2 rings (SSSR count). The third-order valence-corrected chi connectivity index (χ3v) is 6.29. The van der Waals surface area contributed by atoms with Crippen LogP contribution in [0.4, 0.5) is 18.0 Å². The highest BCUT2D eigenvalue weighted by molar-refractivity contribution is 7.89. The first-order chi connectivity index (χ1) is 17.5. The molecule has 0 saturated carbocycles. The lowest BCUT2D eigenvalue weighted by atomic mass is 10.1. The maximum atomic E-state index is 14.6. The van der Waals surface area contributed by atoms with Gasteiger partial charge in [-0.2, -0.15) is 4.72 Å². The second kappa shape index (κ2) is 13.9. The Morgan fingerprint density at radius 1 is 1.11 bits per heavy atom. The summed E-state index contributed by atoms with van der Waals surface area (Å²) >= 11 is 0. The summed E-state index contributed by atoms with van der Waals surface area (Å²) in [4.78, 5) is 23.8. The molecule has 1 atom stereocenters. The number of urea groups is 1. The van der Waals surface area contributed by atoms with E-state index in [0.717, 1.165) is 24.3 Å². The van der Waals surface area contributed by atoms with E-state index in [1.165, 1.54) is 7.11 Å². The molecule has 0 aromatic heterocycles. The number of unbranched alkanes of at least 4 members (excludes halogenated alkanes) is 1. The molecule has 0 radical (unpaired) electrons. The number of nitrogens with one attached hydrogen (secondary N) is 2. The number of nitrogens with zero attached hydrogens (tertiary/aromatic N) is 1. The highest BCUT2D eigenvalue weighted by Crippen LogP contribution is 2.30. The second-order valence-corrected chi connectivity index (χ2v) is 9.32. The van der Waals surface area contributed by atoms with Crippen LogP contribution in [-0.2, 0) is 19.6 Å². The van der Waals surface area contributed by atoms with Crippen LogP contribution in [0.1, 0.15) is 19.3 Å². The van der Waals surface area contributed by atoms with Crippen molar-refractivity contribution in [3.05, 3.63) is 53.8 Å². The number of ether oxygens (including phenoxy) is 2.